The van der Waals surface area contributed by atoms with Crippen LogP contribution in [0.5, 0.6) is 0 Å². The Morgan fingerprint density at radius 1 is 1.08 bits per heavy atom. The van der Waals surface area contributed by atoms with Crippen molar-refractivity contribution in [2.45, 2.75) is 6.37 Å². The van der Waals surface area contributed by atoms with Crippen molar-refractivity contribution in [3.63, 3.8) is 0 Å². The Hall–Kier alpha value is -3.54. The van der Waals surface area contributed by atoms with Crippen molar-refractivity contribution in [3.8, 4) is 11.3 Å². The maximum Gasteiger partial charge on any atom is 0.153 e. The van der Waals surface area contributed by atoms with Crippen molar-refractivity contribution < 1.29 is 2.74 Å². The highest BCUT2D eigenvalue weighted by Crippen LogP contribution is 2.19. The van der Waals surface area contributed by atoms with Crippen LogP contribution in [0.25, 0.3) is 27.8 Å². The van der Waals surface area contributed by atoms with E-state index in [4.69, 9.17) is 2.74 Å². The summed E-state index contributed by atoms with van der Waals surface area (Å²) < 4.78 is 20.9. The molecular weight excluding hydrogens is 324 g/mol. The third-order valence-corrected chi connectivity index (χ3v) is 4.24. The molecule has 0 aliphatic heterocycles. The molecule has 0 N–H and O–H groups in total. The van der Waals surface area contributed by atoms with E-state index in [1.807, 2.05) is 49.6 Å². The third-order valence-electron chi connectivity index (χ3n) is 4.24. The molecule has 4 aromatic heterocycles. The predicted molar refractivity (Wildman–Crippen MR) is 99.7 cm³/mol. The van der Waals surface area contributed by atoms with E-state index < -0.39 is 6.37 Å². The smallest absolute Gasteiger partial charge is 0.153 e. The monoisotopic (exact) mass is 342 g/mol. The van der Waals surface area contributed by atoms with Crippen LogP contribution in [0.2, 0.25) is 0 Å². The highest BCUT2D eigenvalue weighted by atomic mass is 15.3. The molecule has 0 saturated heterocycles. The van der Waals surface area contributed by atoms with Crippen LogP contribution < -0.4 is 0 Å². The van der Waals surface area contributed by atoms with Crippen molar-refractivity contribution >= 4 is 16.6 Å². The molecule has 0 saturated carbocycles. The van der Waals surface area contributed by atoms with Crippen LogP contribution in [0, 0.1) is 0 Å². The van der Waals surface area contributed by atoms with E-state index in [1.165, 1.54) is 0 Å². The van der Waals surface area contributed by atoms with Crippen LogP contribution in [-0.4, -0.2) is 29.4 Å². The van der Waals surface area contributed by atoms with Crippen molar-refractivity contribution in [1.82, 2.24) is 29.4 Å². The Morgan fingerprint density at radius 2 is 2.04 bits per heavy atom. The second-order valence-corrected chi connectivity index (χ2v) is 6.07. The number of nitrogens with zero attached hydrogens (tertiary/aromatic N) is 6. The van der Waals surface area contributed by atoms with Gasteiger partial charge in [0.05, 0.1) is 29.3 Å². The van der Waals surface area contributed by atoms with Gasteiger partial charge in [0.25, 0.3) is 0 Å². The molecule has 0 aliphatic rings. The average Bonchev–Trinajstić information content (AvgIpc) is 3.33. The zero-order chi connectivity index (χ0) is 19.3. The fraction of sp³-hybridized carbons (Fsp3) is 0.100. The molecule has 5 rings (SSSR count). The molecule has 5 aromatic rings. The molecule has 6 nitrogen and oxygen atoms in total. The molecule has 4 heterocycles. The fourth-order valence-corrected chi connectivity index (χ4v) is 2.97. The van der Waals surface area contributed by atoms with Crippen molar-refractivity contribution in [1.29, 1.82) is 0 Å². The Labute approximate surface area is 152 Å². The summed E-state index contributed by atoms with van der Waals surface area (Å²) in [7, 11) is 1.85. The first-order valence-electron chi connectivity index (χ1n) is 9.22. The molecule has 0 fully saturated rings. The molecule has 0 radical (unpaired) electrons. The summed E-state index contributed by atoms with van der Waals surface area (Å²) in [5.74, 6) is 0. The molecule has 126 valence electrons. The van der Waals surface area contributed by atoms with Gasteiger partial charge in [-0.05, 0) is 35.9 Å². The number of imidazole rings is 1. The number of pyridine rings is 1. The first-order valence-corrected chi connectivity index (χ1v) is 8.22. The van der Waals surface area contributed by atoms with Gasteiger partial charge in [0, 0.05) is 39.5 Å². The molecule has 0 spiro atoms. The number of rotatable bonds is 3. The van der Waals surface area contributed by atoms with E-state index in [0.717, 1.165) is 16.5 Å². The van der Waals surface area contributed by atoms with Gasteiger partial charge in [0.1, 0.15) is 0 Å². The molecular formula is C20H16N6. The largest absolute Gasteiger partial charge is 0.275 e. The summed E-state index contributed by atoms with van der Waals surface area (Å²) in [6, 6.07) is 12.9. The number of hydrogen-bond acceptors (Lipinski definition) is 4. The van der Waals surface area contributed by atoms with Crippen LogP contribution in [0.1, 0.15) is 14.0 Å². The van der Waals surface area contributed by atoms with Gasteiger partial charge in [0.2, 0.25) is 0 Å². The quantitative estimate of drug-likeness (QED) is 0.505. The van der Waals surface area contributed by atoms with E-state index in [0.29, 0.717) is 22.6 Å². The van der Waals surface area contributed by atoms with Crippen LogP contribution >= 0.6 is 0 Å². The van der Waals surface area contributed by atoms with Gasteiger partial charge >= 0.3 is 0 Å². The normalized spacial score (nSPS) is 13.1. The van der Waals surface area contributed by atoms with E-state index in [1.54, 1.807) is 33.9 Å². The maximum atomic E-state index is 8.79. The molecule has 6 heteroatoms. The lowest BCUT2D eigenvalue weighted by Gasteiger charge is -2.05. The molecule has 0 unspecified atom stereocenters. The summed E-state index contributed by atoms with van der Waals surface area (Å²) in [6.45, 7) is 0. The number of benzene rings is 1. The Bertz CT molecular complexity index is 1320. The SMILES string of the molecule is [2H]C([2H])(c1ccc2ncccc2c1)c1cnc2ccc(-c3cnn(C)c3)nn12. The lowest BCUT2D eigenvalue weighted by atomic mass is 10.1. The van der Waals surface area contributed by atoms with E-state index in [-0.39, 0.29) is 0 Å². The van der Waals surface area contributed by atoms with Gasteiger partial charge in [-0.15, -0.1) is 0 Å². The standard InChI is InChI=1S/C20H16N6/c1-25-13-16(11-23-25)19-6-7-20-22-12-17(26(20)24-19)10-14-4-5-18-15(9-14)3-2-8-21-18/h2-9,11-13H,10H2,1H3/i10D2. The van der Waals surface area contributed by atoms with Crippen LogP contribution in [-0.2, 0) is 13.4 Å². The first kappa shape index (κ1) is 12.8. The van der Waals surface area contributed by atoms with Gasteiger partial charge in [-0.1, -0.05) is 12.1 Å². The number of aryl methyl sites for hydroxylation is 1. The van der Waals surface area contributed by atoms with E-state index in [2.05, 4.69) is 20.2 Å². The molecule has 1 aromatic carbocycles. The molecule has 0 atom stereocenters. The summed E-state index contributed by atoms with van der Waals surface area (Å²) in [4.78, 5) is 8.64. The van der Waals surface area contributed by atoms with Crippen LogP contribution in [0.3, 0.4) is 0 Å². The fourth-order valence-electron chi connectivity index (χ4n) is 2.97. The summed E-state index contributed by atoms with van der Waals surface area (Å²) in [6.07, 6.45) is 5.10. The van der Waals surface area contributed by atoms with Crippen molar-refractivity contribution in [3.05, 3.63) is 78.5 Å². The highest BCUT2D eigenvalue weighted by molar-refractivity contribution is 5.79. The molecule has 0 amide bonds. The highest BCUT2D eigenvalue weighted by Gasteiger charge is 2.09. The number of aromatic nitrogens is 6. The second kappa shape index (κ2) is 5.77. The van der Waals surface area contributed by atoms with E-state index in [9.17, 15) is 0 Å². The second-order valence-electron chi connectivity index (χ2n) is 6.07. The van der Waals surface area contributed by atoms with Crippen LogP contribution in [0.4, 0.5) is 0 Å². The molecule has 0 bridgehead atoms. The molecule has 26 heavy (non-hydrogen) atoms. The molecule has 0 aliphatic carbocycles. The average molecular weight is 342 g/mol. The van der Waals surface area contributed by atoms with Gasteiger partial charge in [-0.25, -0.2) is 9.50 Å². The van der Waals surface area contributed by atoms with Crippen molar-refractivity contribution in [2.75, 3.05) is 0 Å². The Kier molecular flexibility index (Phi) is 2.83. The van der Waals surface area contributed by atoms with Gasteiger partial charge in [0.15, 0.2) is 5.65 Å². The minimum atomic E-state index is -1.77. The van der Waals surface area contributed by atoms with E-state index >= 15 is 0 Å². The summed E-state index contributed by atoms with van der Waals surface area (Å²) in [5, 5.41) is 9.69. The third kappa shape index (κ3) is 2.52. The minimum absolute atomic E-state index is 0.372. The lowest BCUT2D eigenvalue weighted by molar-refractivity contribution is 0.768. The summed E-state index contributed by atoms with van der Waals surface area (Å²) in [5.41, 5.74) is 3.89. The Balaban J connectivity index is 1.65. The maximum absolute atomic E-state index is 8.79. The van der Waals surface area contributed by atoms with Crippen LogP contribution in [0.15, 0.2) is 67.3 Å². The number of fused-ring (bicyclic) bond motifs is 2. The zero-order valence-corrected chi connectivity index (χ0v) is 14.0. The predicted octanol–water partition coefficient (Wildman–Crippen LogP) is 3.27. The van der Waals surface area contributed by atoms with Gasteiger partial charge in [-0.3, -0.25) is 9.67 Å². The minimum Gasteiger partial charge on any atom is -0.275 e. The Morgan fingerprint density at radius 3 is 2.92 bits per heavy atom. The van der Waals surface area contributed by atoms with Gasteiger partial charge in [-0.2, -0.15) is 10.2 Å². The summed E-state index contributed by atoms with van der Waals surface area (Å²) >= 11 is 0. The zero-order valence-electron chi connectivity index (χ0n) is 16.0. The van der Waals surface area contributed by atoms with Crippen molar-refractivity contribution in [2.24, 2.45) is 7.05 Å². The topological polar surface area (TPSA) is 60.9 Å². The lowest BCUT2D eigenvalue weighted by Crippen LogP contribution is -2.00. The number of hydrogen-bond donors (Lipinski definition) is 0. The first-order chi connectivity index (χ1) is 13.5. The van der Waals surface area contributed by atoms with Gasteiger partial charge < -0.3 is 0 Å².